The van der Waals surface area contributed by atoms with E-state index in [4.69, 9.17) is 5.11 Å². The highest BCUT2D eigenvalue weighted by Crippen LogP contribution is 2.33. The molecule has 3 heteroatoms. The maximum absolute atomic E-state index is 11.0. The fourth-order valence-electron chi connectivity index (χ4n) is 1.92. The Morgan fingerprint density at radius 1 is 1.57 bits per heavy atom. The first-order valence-corrected chi connectivity index (χ1v) is 4.98. The van der Waals surface area contributed by atoms with Gasteiger partial charge in [0, 0.05) is 12.6 Å². The van der Waals surface area contributed by atoms with E-state index in [1.54, 1.807) is 4.90 Å². The Morgan fingerprint density at radius 2 is 2.14 bits per heavy atom. The van der Waals surface area contributed by atoms with Gasteiger partial charge in [-0.05, 0) is 18.3 Å². The summed E-state index contributed by atoms with van der Waals surface area (Å²) in [7, 11) is 0. The molecule has 0 saturated carbocycles. The van der Waals surface area contributed by atoms with Crippen LogP contribution in [-0.4, -0.2) is 28.7 Å². The van der Waals surface area contributed by atoms with Crippen molar-refractivity contribution in [2.75, 3.05) is 6.54 Å². The predicted octanol–water partition coefficient (Wildman–Crippen LogP) is 2.73. The maximum Gasteiger partial charge on any atom is 0.407 e. The molecule has 14 heavy (non-hydrogen) atoms. The van der Waals surface area contributed by atoms with Gasteiger partial charge in [-0.25, -0.2) is 4.79 Å². The van der Waals surface area contributed by atoms with E-state index in [-0.39, 0.29) is 11.5 Å². The molecule has 80 valence electrons. The van der Waals surface area contributed by atoms with Crippen molar-refractivity contribution in [1.29, 1.82) is 0 Å². The van der Waals surface area contributed by atoms with E-state index in [0.717, 1.165) is 12.8 Å². The Morgan fingerprint density at radius 3 is 2.57 bits per heavy atom. The molecule has 1 heterocycles. The zero-order valence-electron chi connectivity index (χ0n) is 9.21. The van der Waals surface area contributed by atoms with E-state index < -0.39 is 6.09 Å². The summed E-state index contributed by atoms with van der Waals surface area (Å²) in [5.41, 5.74) is 1.16. The summed E-state index contributed by atoms with van der Waals surface area (Å²) in [6.45, 7) is 10.8. The molecule has 1 aliphatic rings. The number of hydrogen-bond acceptors (Lipinski definition) is 1. The van der Waals surface area contributed by atoms with Crippen molar-refractivity contribution in [3.8, 4) is 0 Å². The van der Waals surface area contributed by atoms with Gasteiger partial charge in [0.15, 0.2) is 0 Å². The lowest BCUT2D eigenvalue weighted by Crippen LogP contribution is -2.49. The molecular formula is C11H19NO2. The topological polar surface area (TPSA) is 40.5 Å². The number of carbonyl (C=O) groups is 1. The molecular weight excluding hydrogens is 178 g/mol. The molecule has 3 nitrogen and oxygen atoms in total. The molecule has 0 aromatic carbocycles. The van der Waals surface area contributed by atoms with Gasteiger partial charge in [-0.15, -0.1) is 0 Å². The van der Waals surface area contributed by atoms with Crippen LogP contribution in [0.5, 0.6) is 0 Å². The molecule has 0 aliphatic carbocycles. The molecule has 1 atom stereocenters. The van der Waals surface area contributed by atoms with Crippen LogP contribution >= 0.6 is 0 Å². The van der Waals surface area contributed by atoms with Crippen LogP contribution in [0.15, 0.2) is 12.2 Å². The number of hydrogen-bond donors (Lipinski definition) is 1. The van der Waals surface area contributed by atoms with E-state index in [1.165, 1.54) is 5.57 Å². The van der Waals surface area contributed by atoms with E-state index in [1.807, 2.05) is 0 Å². The molecule has 1 fully saturated rings. The molecule has 0 spiro atoms. The zero-order valence-corrected chi connectivity index (χ0v) is 9.21. The minimum absolute atomic E-state index is 0.0122. The first kappa shape index (κ1) is 11.1. The second-order valence-electron chi connectivity index (χ2n) is 5.06. The SMILES string of the molecule is C=C1CCN(C(=O)O)C(C(C)(C)C)C1. The highest BCUT2D eigenvalue weighted by atomic mass is 16.4. The van der Waals surface area contributed by atoms with Crippen LogP contribution in [0.4, 0.5) is 4.79 Å². The van der Waals surface area contributed by atoms with Gasteiger partial charge in [-0.2, -0.15) is 0 Å². The third-order valence-corrected chi connectivity index (χ3v) is 2.81. The third kappa shape index (κ3) is 2.28. The lowest BCUT2D eigenvalue weighted by molar-refractivity contribution is 0.0722. The van der Waals surface area contributed by atoms with Gasteiger partial charge in [0.1, 0.15) is 0 Å². The smallest absolute Gasteiger partial charge is 0.407 e. The summed E-state index contributed by atoms with van der Waals surface area (Å²) in [5.74, 6) is 0. The summed E-state index contributed by atoms with van der Waals surface area (Å²) >= 11 is 0. The average Bonchev–Trinajstić information content (AvgIpc) is 2.01. The zero-order chi connectivity index (χ0) is 10.9. The fourth-order valence-corrected chi connectivity index (χ4v) is 1.92. The molecule has 1 amide bonds. The lowest BCUT2D eigenvalue weighted by Gasteiger charge is -2.42. The van der Waals surface area contributed by atoms with Crippen molar-refractivity contribution < 1.29 is 9.90 Å². The molecule has 1 unspecified atom stereocenters. The standard InChI is InChI=1S/C11H19NO2/c1-8-5-6-12(10(13)14)9(7-8)11(2,3)4/h9H,1,5-7H2,2-4H3,(H,13,14). The van der Waals surface area contributed by atoms with Crippen LogP contribution in [0.1, 0.15) is 33.6 Å². The Hall–Kier alpha value is -0.990. The number of carboxylic acid groups (broad SMARTS) is 1. The molecule has 1 N–H and O–H groups in total. The van der Waals surface area contributed by atoms with Crippen molar-refractivity contribution in [1.82, 2.24) is 4.90 Å². The van der Waals surface area contributed by atoms with Crippen LogP contribution in [0.3, 0.4) is 0 Å². The fraction of sp³-hybridized carbons (Fsp3) is 0.727. The molecule has 1 saturated heterocycles. The molecule has 1 aliphatic heterocycles. The summed E-state index contributed by atoms with van der Waals surface area (Å²) in [4.78, 5) is 12.6. The minimum Gasteiger partial charge on any atom is -0.465 e. The van der Waals surface area contributed by atoms with Crippen LogP contribution in [0.2, 0.25) is 0 Å². The lowest BCUT2D eigenvalue weighted by atomic mass is 9.79. The van der Waals surface area contributed by atoms with Gasteiger partial charge in [-0.1, -0.05) is 32.9 Å². The first-order valence-electron chi connectivity index (χ1n) is 4.98. The van der Waals surface area contributed by atoms with Gasteiger partial charge in [-0.3, -0.25) is 0 Å². The van der Waals surface area contributed by atoms with E-state index in [0.29, 0.717) is 6.54 Å². The molecule has 0 aromatic rings. The number of amides is 1. The second kappa shape index (κ2) is 3.64. The highest BCUT2D eigenvalue weighted by molar-refractivity contribution is 5.66. The maximum atomic E-state index is 11.0. The van der Waals surface area contributed by atoms with Crippen LogP contribution in [-0.2, 0) is 0 Å². The average molecular weight is 197 g/mol. The second-order valence-corrected chi connectivity index (χ2v) is 5.06. The predicted molar refractivity (Wildman–Crippen MR) is 56.3 cm³/mol. The highest BCUT2D eigenvalue weighted by Gasteiger charge is 2.36. The Kier molecular flexibility index (Phi) is 2.88. The number of rotatable bonds is 0. The number of likely N-dealkylation sites (tertiary alicyclic amines) is 1. The molecule has 0 aromatic heterocycles. The number of nitrogens with zero attached hydrogens (tertiary/aromatic N) is 1. The number of piperidine rings is 1. The first-order chi connectivity index (χ1) is 6.32. The van der Waals surface area contributed by atoms with Crippen molar-refractivity contribution in [3.05, 3.63) is 12.2 Å². The van der Waals surface area contributed by atoms with Crippen molar-refractivity contribution in [2.24, 2.45) is 5.41 Å². The van der Waals surface area contributed by atoms with Gasteiger partial charge in [0.25, 0.3) is 0 Å². The van der Waals surface area contributed by atoms with Crippen molar-refractivity contribution in [3.63, 3.8) is 0 Å². The minimum atomic E-state index is -0.808. The molecule has 0 radical (unpaired) electrons. The monoisotopic (exact) mass is 197 g/mol. The Balaban J connectivity index is 2.84. The van der Waals surface area contributed by atoms with Crippen LogP contribution < -0.4 is 0 Å². The van der Waals surface area contributed by atoms with Crippen molar-refractivity contribution >= 4 is 6.09 Å². The van der Waals surface area contributed by atoms with Gasteiger partial charge in [0.2, 0.25) is 0 Å². The van der Waals surface area contributed by atoms with Crippen LogP contribution in [0.25, 0.3) is 0 Å². The summed E-state index contributed by atoms with van der Waals surface area (Å²) in [5, 5.41) is 9.05. The van der Waals surface area contributed by atoms with E-state index in [2.05, 4.69) is 27.4 Å². The van der Waals surface area contributed by atoms with Crippen molar-refractivity contribution in [2.45, 2.75) is 39.7 Å². The normalized spacial score (nSPS) is 23.8. The summed E-state index contributed by atoms with van der Waals surface area (Å²) < 4.78 is 0. The molecule has 0 bridgehead atoms. The molecule has 1 rings (SSSR count). The van der Waals surface area contributed by atoms with Crippen LogP contribution in [0, 0.1) is 5.41 Å². The quantitative estimate of drug-likeness (QED) is 0.606. The Labute approximate surface area is 85.4 Å². The van der Waals surface area contributed by atoms with Gasteiger partial charge < -0.3 is 10.0 Å². The Bertz CT molecular complexity index is 253. The van der Waals surface area contributed by atoms with Gasteiger partial charge in [0.05, 0.1) is 0 Å². The summed E-state index contributed by atoms with van der Waals surface area (Å²) in [6.07, 6.45) is 0.798. The third-order valence-electron chi connectivity index (χ3n) is 2.81. The van der Waals surface area contributed by atoms with E-state index >= 15 is 0 Å². The largest absolute Gasteiger partial charge is 0.465 e. The van der Waals surface area contributed by atoms with E-state index in [9.17, 15) is 4.79 Å². The summed E-state index contributed by atoms with van der Waals surface area (Å²) in [6, 6.07) is 0.0706. The van der Waals surface area contributed by atoms with Gasteiger partial charge >= 0.3 is 6.09 Å².